The minimum Gasteiger partial charge on any atom is -0.497 e. The molecule has 3 aromatic rings. The van der Waals surface area contributed by atoms with Gasteiger partial charge in [0.2, 0.25) is 5.91 Å². The predicted octanol–water partition coefficient (Wildman–Crippen LogP) is 3.98. The van der Waals surface area contributed by atoms with E-state index in [1.165, 1.54) is 5.56 Å². The summed E-state index contributed by atoms with van der Waals surface area (Å²) in [7, 11) is 1.67. The molecule has 0 bridgehead atoms. The Morgan fingerprint density at radius 2 is 1.96 bits per heavy atom. The standard InChI is InChI=1S/C22H22N2O2/c1-26-18-9-10-20-19(14-18)17(11-12-23-22(25)16-7-8-16)13-21(24-20)15-5-3-2-4-6-15/h2-6,9-10,13-14,16H,7-8,11-12H2,1H3,(H,23,25). The van der Waals surface area contributed by atoms with Crippen molar-refractivity contribution in [3.05, 3.63) is 60.2 Å². The number of carbonyl (C=O) groups is 1. The molecule has 132 valence electrons. The Morgan fingerprint density at radius 3 is 2.69 bits per heavy atom. The molecule has 1 N–H and O–H groups in total. The molecule has 26 heavy (non-hydrogen) atoms. The van der Waals surface area contributed by atoms with Crippen LogP contribution in [-0.2, 0) is 11.2 Å². The fourth-order valence-electron chi connectivity index (χ4n) is 3.18. The van der Waals surface area contributed by atoms with Crippen molar-refractivity contribution in [2.45, 2.75) is 19.3 Å². The van der Waals surface area contributed by atoms with E-state index in [-0.39, 0.29) is 11.8 Å². The average Bonchev–Trinajstić information content (AvgIpc) is 3.53. The number of methoxy groups -OCH3 is 1. The molecule has 1 saturated carbocycles. The van der Waals surface area contributed by atoms with Crippen molar-refractivity contribution in [3.8, 4) is 17.0 Å². The summed E-state index contributed by atoms with van der Waals surface area (Å²) in [6.07, 6.45) is 2.82. The summed E-state index contributed by atoms with van der Waals surface area (Å²) in [4.78, 5) is 16.7. The van der Waals surface area contributed by atoms with Crippen LogP contribution in [0.2, 0.25) is 0 Å². The third-order valence-electron chi connectivity index (χ3n) is 4.81. The number of nitrogens with one attached hydrogen (secondary N) is 1. The summed E-state index contributed by atoms with van der Waals surface area (Å²) in [6, 6.07) is 18.2. The summed E-state index contributed by atoms with van der Waals surface area (Å²) in [5, 5.41) is 4.13. The van der Waals surface area contributed by atoms with E-state index in [2.05, 4.69) is 23.5 Å². The third-order valence-corrected chi connectivity index (χ3v) is 4.81. The number of hydrogen-bond acceptors (Lipinski definition) is 3. The normalized spacial score (nSPS) is 13.6. The molecule has 0 radical (unpaired) electrons. The van der Waals surface area contributed by atoms with Crippen molar-refractivity contribution in [3.63, 3.8) is 0 Å². The lowest BCUT2D eigenvalue weighted by Crippen LogP contribution is -2.27. The highest BCUT2D eigenvalue weighted by atomic mass is 16.5. The molecule has 1 heterocycles. The summed E-state index contributed by atoms with van der Waals surface area (Å²) in [5.74, 6) is 1.24. The van der Waals surface area contributed by atoms with Gasteiger partial charge in [-0.05, 0) is 49.1 Å². The minimum absolute atomic E-state index is 0.184. The maximum Gasteiger partial charge on any atom is 0.223 e. The molecule has 4 heteroatoms. The molecule has 1 aliphatic rings. The van der Waals surface area contributed by atoms with Crippen molar-refractivity contribution >= 4 is 16.8 Å². The SMILES string of the molecule is COc1ccc2nc(-c3ccccc3)cc(CCNC(=O)C3CC3)c2c1. The predicted molar refractivity (Wildman–Crippen MR) is 103 cm³/mol. The van der Waals surface area contributed by atoms with E-state index in [9.17, 15) is 4.79 Å². The van der Waals surface area contributed by atoms with Crippen LogP contribution in [0.4, 0.5) is 0 Å². The Morgan fingerprint density at radius 1 is 1.15 bits per heavy atom. The highest BCUT2D eigenvalue weighted by molar-refractivity contribution is 5.86. The number of ether oxygens (including phenoxy) is 1. The molecule has 4 rings (SSSR count). The van der Waals surface area contributed by atoms with E-state index in [1.54, 1.807) is 7.11 Å². The number of nitrogens with zero attached hydrogens (tertiary/aromatic N) is 1. The van der Waals surface area contributed by atoms with Gasteiger partial charge in [-0.25, -0.2) is 4.98 Å². The van der Waals surface area contributed by atoms with Crippen molar-refractivity contribution in [2.24, 2.45) is 5.92 Å². The van der Waals surface area contributed by atoms with Crippen LogP contribution in [0.15, 0.2) is 54.6 Å². The smallest absolute Gasteiger partial charge is 0.223 e. The van der Waals surface area contributed by atoms with E-state index in [4.69, 9.17) is 9.72 Å². The van der Waals surface area contributed by atoms with E-state index in [0.29, 0.717) is 6.54 Å². The molecule has 2 aromatic carbocycles. The molecule has 0 unspecified atom stereocenters. The van der Waals surface area contributed by atoms with E-state index >= 15 is 0 Å². The van der Waals surface area contributed by atoms with Crippen LogP contribution in [-0.4, -0.2) is 24.5 Å². The first-order chi connectivity index (χ1) is 12.7. The highest BCUT2D eigenvalue weighted by Crippen LogP contribution is 2.29. The monoisotopic (exact) mass is 346 g/mol. The summed E-state index contributed by atoms with van der Waals surface area (Å²) < 4.78 is 5.38. The Kier molecular flexibility index (Phi) is 4.57. The topological polar surface area (TPSA) is 51.2 Å². The van der Waals surface area contributed by atoms with Crippen molar-refractivity contribution in [1.82, 2.24) is 10.3 Å². The van der Waals surface area contributed by atoms with Gasteiger partial charge in [-0.2, -0.15) is 0 Å². The van der Waals surface area contributed by atoms with Crippen LogP contribution in [0.3, 0.4) is 0 Å². The molecule has 0 saturated heterocycles. The molecule has 0 spiro atoms. The zero-order valence-electron chi connectivity index (χ0n) is 14.9. The van der Waals surface area contributed by atoms with Crippen LogP contribution in [0.25, 0.3) is 22.2 Å². The van der Waals surface area contributed by atoms with Gasteiger partial charge < -0.3 is 10.1 Å². The molecule has 4 nitrogen and oxygen atoms in total. The van der Waals surface area contributed by atoms with Gasteiger partial charge in [-0.1, -0.05) is 30.3 Å². The Bertz CT molecular complexity index is 934. The van der Waals surface area contributed by atoms with Crippen molar-refractivity contribution in [2.75, 3.05) is 13.7 Å². The lowest BCUT2D eigenvalue weighted by atomic mass is 10.0. The van der Waals surface area contributed by atoms with Crippen LogP contribution in [0, 0.1) is 5.92 Å². The van der Waals surface area contributed by atoms with Gasteiger partial charge in [0, 0.05) is 23.4 Å². The van der Waals surface area contributed by atoms with E-state index in [0.717, 1.165) is 47.2 Å². The second kappa shape index (κ2) is 7.16. The molecule has 1 fully saturated rings. The van der Waals surface area contributed by atoms with E-state index < -0.39 is 0 Å². The molecule has 1 aliphatic carbocycles. The molecule has 0 aliphatic heterocycles. The number of carbonyl (C=O) groups excluding carboxylic acids is 1. The Balaban J connectivity index is 1.67. The largest absolute Gasteiger partial charge is 0.497 e. The molecule has 0 atom stereocenters. The second-order valence-corrected chi connectivity index (χ2v) is 6.73. The molecule has 1 aromatic heterocycles. The first-order valence-electron chi connectivity index (χ1n) is 9.05. The van der Waals surface area contributed by atoms with Crippen molar-refractivity contribution in [1.29, 1.82) is 0 Å². The summed E-state index contributed by atoms with van der Waals surface area (Å²) in [5.41, 5.74) is 4.15. The van der Waals surface area contributed by atoms with Crippen LogP contribution < -0.4 is 10.1 Å². The van der Waals surface area contributed by atoms with Gasteiger partial charge in [-0.15, -0.1) is 0 Å². The third kappa shape index (κ3) is 3.54. The lowest BCUT2D eigenvalue weighted by molar-refractivity contribution is -0.122. The number of benzene rings is 2. The quantitative estimate of drug-likeness (QED) is 0.734. The zero-order chi connectivity index (χ0) is 17.9. The van der Waals surface area contributed by atoms with Crippen LogP contribution in [0.5, 0.6) is 5.75 Å². The van der Waals surface area contributed by atoms with Gasteiger partial charge in [0.25, 0.3) is 0 Å². The van der Waals surface area contributed by atoms with Crippen LogP contribution >= 0.6 is 0 Å². The summed E-state index contributed by atoms with van der Waals surface area (Å²) >= 11 is 0. The van der Waals surface area contributed by atoms with Gasteiger partial charge in [0.05, 0.1) is 18.3 Å². The first kappa shape index (κ1) is 16.6. The highest BCUT2D eigenvalue weighted by Gasteiger charge is 2.29. The fourth-order valence-corrected chi connectivity index (χ4v) is 3.18. The minimum atomic E-state index is 0.184. The molecular formula is C22H22N2O2. The number of aromatic nitrogens is 1. The molecular weight excluding hydrogens is 324 g/mol. The maximum absolute atomic E-state index is 11.9. The van der Waals surface area contributed by atoms with Gasteiger partial charge in [-0.3, -0.25) is 4.79 Å². The number of rotatable bonds is 6. The van der Waals surface area contributed by atoms with Crippen molar-refractivity contribution < 1.29 is 9.53 Å². The number of amides is 1. The average molecular weight is 346 g/mol. The van der Waals surface area contributed by atoms with E-state index in [1.807, 2.05) is 36.4 Å². The first-order valence-corrected chi connectivity index (χ1v) is 9.05. The van der Waals surface area contributed by atoms with Crippen LogP contribution in [0.1, 0.15) is 18.4 Å². The maximum atomic E-state index is 11.9. The summed E-state index contributed by atoms with van der Waals surface area (Å²) in [6.45, 7) is 0.639. The number of fused-ring (bicyclic) bond motifs is 1. The lowest BCUT2D eigenvalue weighted by Gasteiger charge is -2.12. The second-order valence-electron chi connectivity index (χ2n) is 6.73. The number of pyridine rings is 1. The van der Waals surface area contributed by atoms with Gasteiger partial charge in [0.1, 0.15) is 5.75 Å². The van der Waals surface area contributed by atoms with Gasteiger partial charge >= 0.3 is 0 Å². The fraction of sp³-hybridized carbons (Fsp3) is 0.273. The Hall–Kier alpha value is -2.88. The molecule has 1 amide bonds. The van der Waals surface area contributed by atoms with Gasteiger partial charge in [0.15, 0.2) is 0 Å². The Labute approximate surface area is 153 Å². The zero-order valence-corrected chi connectivity index (χ0v) is 14.9. The number of hydrogen-bond donors (Lipinski definition) is 1.